The van der Waals surface area contributed by atoms with Crippen LogP contribution in [-0.4, -0.2) is 30.4 Å². The summed E-state index contributed by atoms with van der Waals surface area (Å²) in [7, 11) is 1.72. The van der Waals surface area contributed by atoms with Gasteiger partial charge in [0.2, 0.25) is 0 Å². The fourth-order valence-electron chi connectivity index (χ4n) is 2.26. The lowest BCUT2D eigenvalue weighted by Crippen LogP contribution is -2.31. The van der Waals surface area contributed by atoms with E-state index in [-0.39, 0.29) is 11.6 Å². The molecule has 0 bridgehead atoms. The molecule has 1 rings (SSSR count). The molecule has 5 nitrogen and oxygen atoms in total. The molecule has 1 amide bonds. The van der Waals surface area contributed by atoms with Crippen molar-refractivity contribution in [3.05, 3.63) is 24.3 Å². The van der Waals surface area contributed by atoms with Gasteiger partial charge in [-0.15, -0.1) is 0 Å². The molecule has 0 heterocycles. The van der Waals surface area contributed by atoms with Crippen LogP contribution in [0.3, 0.4) is 0 Å². The van der Waals surface area contributed by atoms with Gasteiger partial charge in [-0.3, -0.25) is 5.32 Å². The molecule has 1 atom stereocenters. The summed E-state index contributed by atoms with van der Waals surface area (Å²) in [6, 6.07) is 7.82. The number of ether oxygens (including phenoxy) is 2. The summed E-state index contributed by atoms with van der Waals surface area (Å²) in [5, 5.41) is 6.17. The number of carbonyl (C=O) groups excluding carboxylic acids is 1. The van der Waals surface area contributed by atoms with Gasteiger partial charge in [-0.1, -0.05) is 6.07 Å². The lowest BCUT2D eigenvalue weighted by Gasteiger charge is -2.27. The molecular formula is C18H30N2O3. The zero-order valence-electron chi connectivity index (χ0n) is 15.3. The minimum absolute atomic E-state index is 0.182. The van der Waals surface area contributed by atoms with Crippen molar-refractivity contribution in [2.24, 2.45) is 0 Å². The van der Waals surface area contributed by atoms with Gasteiger partial charge in [-0.2, -0.15) is 0 Å². The van der Waals surface area contributed by atoms with E-state index in [0.29, 0.717) is 5.69 Å². The van der Waals surface area contributed by atoms with E-state index in [4.69, 9.17) is 9.47 Å². The van der Waals surface area contributed by atoms with Crippen molar-refractivity contribution in [1.82, 2.24) is 0 Å². The van der Waals surface area contributed by atoms with E-state index in [9.17, 15) is 4.79 Å². The molecule has 0 fully saturated rings. The Morgan fingerprint density at radius 1 is 1.17 bits per heavy atom. The molecule has 0 radical (unpaired) electrons. The van der Waals surface area contributed by atoms with Crippen molar-refractivity contribution in [1.29, 1.82) is 0 Å². The number of benzene rings is 1. The molecule has 1 aromatic carbocycles. The van der Waals surface area contributed by atoms with E-state index < -0.39 is 11.7 Å². The Balaban J connectivity index is 2.65. The first-order valence-electron chi connectivity index (χ1n) is 7.92. The third-order valence-corrected chi connectivity index (χ3v) is 3.27. The van der Waals surface area contributed by atoms with Crippen LogP contribution in [0.15, 0.2) is 24.3 Å². The molecule has 0 spiro atoms. The first-order chi connectivity index (χ1) is 10.5. The molecular weight excluding hydrogens is 292 g/mol. The van der Waals surface area contributed by atoms with E-state index in [2.05, 4.69) is 31.4 Å². The Kier molecular flexibility index (Phi) is 6.45. The van der Waals surface area contributed by atoms with E-state index in [1.165, 1.54) is 0 Å². The second-order valence-corrected chi connectivity index (χ2v) is 7.42. The van der Waals surface area contributed by atoms with Gasteiger partial charge in [0.05, 0.1) is 5.60 Å². The van der Waals surface area contributed by atoms with Crippen LogP contribution < -0.4 is 10.6 Å². The lowest BCUT2D eigenvalue weighted by molar-refractivity contribution is 0.0128. The Labute approximate surface area is 139 Å². The largest absolute Gasteiger partial charge is 0.444 e. The quantitative estimate of drug-likeness (QED) is 0.800. The first kappa shape index (κ1) is 19.3. The van der Waals surface area contributed by atoms with Crippen LogP contribution in [0.2, 0.25) is 0 Å². The predicted molar refractivity (Wildman–Crippen MR) is 95.1 cm³/mol. The lowest BCUT2D eigenvalue weighted by atomic mass is 9.99. The highest BCUT2D eigenvalue weighted by molar-refractivity contribution is 5.85. The number of hydrogen-bond donors (Lipinski definition) is 2. The van der Waals surface area contributed by atoms with Crippen LogP contribution in [0.1, 0.15) is 48.0 Å². The summed E-state index contributed by atoms with van der Waals surface area (Å²) >= 11 is 0. The number of carbonyl (C=O) groups is 1. The number of methoxy groups -OCH3 is 1. The smallest absolute Gasteiger partial charge is 0.412 e. The molecule has 0 saturated heterocycles. The van der Waals surface area contributed by atoms with Gasteiger partial charge in [-0.05, 0) is 66.2 Å². The Morgan fingerprint density at radius 3 is 2.35 bits per heavy atom. The van der Waals surface area contributed by atoms with Gasteiger partial charge in [0.15, 0.2) is 0 Å². The van der Waals surface area contributed by atoms with Crippen LogP contribution in [0.4, 0.5) is 16.2 Å². The number of hydrogen-bond acceptors (Lipinski definition) is 4. The summed E-state index contributed by atoms with van der Waals surface area (Å²) in [5.41, 5.74) is 0.944. The van der Waals surface area contributed by atoms with Crippen molar-refractivity contribution in [3.63, 3.8) is 0 Å². The Hall–Kier alpha value is -1.75. The average molecular weight is 322 g/mol. The van der Waals surface area contributed by atoms with E-state index >= 15 is 0 Å². The monoisotopic (exact) mass is 322 g/mol. The fraction of sp³-hybridized carbons (Fsp3) is 0.611. The maximum atomic E-state index is 11.8. The highest BCUT2D eigenvalue weighted by Gasteiger charge is 2.20. The third-order valence-electron chi connectivity index (χ3n) is 3.27. The minimum Gasteiger partial charge on any atom is -0.444 e. The highest BCUT2D eigenvalue weighted by Crippen LogP contribution is 2.21. The normalized spacial score (nSPS) is 13.3. The molecule has 1 aromatic rings. The molecule has 5 heteroatoms. The van der Waals surface area contributed by atoms with Gasteiger partial charge >= 0.3 is 6.09 Å². The molecule has 0 aliphatic rings. The maximum absolute atomic E-state index is 11.8. The number of anilines is 2. The van der Waals surface area contributed by atoms with E-state index in [1.807, 2.05) is 45.0 Å². The van der Waals surface area contributed by atoms with Gasteiger partial charge in [0.1, 0.15) is 5.60 Å². The molecule has 0 aliphatic carbocycles. The van der Waals surface area contributed by atoms with Gasteiger partial charge in [-0.25, -0.2) is 4.79 Å². The Morgan fingerprint density at radius 2 is 1.78 bits per heavy atom. The van der Waals surface area contributed by atoms with Gasteiger partial charge in [0.25, 0.3) is 0 Å². The molecule has 0 aliphatic heterocycles. The molecule has 0 saturated carbocycles. The van der Waals surface area contributed by atoms with Crippen LogP contribution in [0, 0.1) is 0 Å². The number of amides is 1. The number of nitrogens with one attached hydrogen (secondary N) is 2. The minimum atomic E-state index is -0.514. The van der Waals surface area contributed by atoms with Crippen molar-refractivity contribution in [2.45, 2.75) is 65.2 Å². The van der Waals surface area contributed by atoms with Crippen LogP contribution >= 0.6 is 0 Å². The zero-order chi connectivity index (χ0) is 17.7. The summed E-state index contributed by atoms with van der Waals surface area (Å²) in [6.45, 7) is 11.7. The van der Waals surface area contributed by atoms with Crippen molar-refractivity contribution >= 4 is 17.5 Å². The van der Waals surface area contributed by atoms with E-state index in [1.54, 1.807) is 7.11 Å². The predicted octanol–water partition coefficient (Wildman–Crippen LogP) is 4.65. The summed E-state index contributed by atoms with van der Waals surface area (Å²) in [4.78, 5) is 11.8. The molecule has 23 heavy (non-hydrogen) atoms. The SMILES string of the molecule is COC(C)(C)CC(C)Nc1cccc(NC(=O)OC(C)(C)C)c1. The zero-order valence-corrected chi connectivity index (χ0v) is 15.3. The fourth-order valence-corrected chi connectivity index (χ4v) is 2.26. The van der Waals surface area contributed by atoms with Crippen LogP contribution in [0.25, 0.3) is 0 Å². The van der Waals surface area contributed by atoms with Crippen molar-refractivity contribution < 1.29 is 14.3 Å². The second-order valence-electron chi connectivity index (χ2n) is 7.42. The number of rotatable bonds is 6. The van der Waals surface area contributed by atoms with Crippen molar-refractivity contribution in [3.8, 4) is 0 Å². The van der Waals surface area contributed by atoms with Crippen molar-refractivity contribution in [2.75, 3.05) is 17.7 Å². The standard InChI is InChI=1S/C18H30N2O3/c1-13(12-18(5,6)22-7)19-14-9-8-10-15(11-14)20-16(21)23-17(2,3)4/h8-11,13,19H,12H2,1-7H3,(H,20,21). The van der Waals surface area contributed by atoms with E-state index in [0.717, 1.165) is 12.1 Å². The Bertz CT molecular complexity index is 521. The second kappa shape index (κ2) is 7.68. The summed E-state index contributed by atoms with van der Waals surface area (Å²) in [5.74, 6) is 0. The molecule has 130 valence electrons. The topological polar surface area (TPSA) is 59.6 Å². The summed E-state index contributed by atoms with van der Waals surface area (Å²) in [6.07, 6.45) is 0.413. The van der Waals surface area contributed by atoms with Gasteiger partial charge in [0, 0.05) is 24.5 Å². The highest BCUT2D eigenvalue weighted by atomic mass is 16.6. The molecule has 2 N–H and O–H groups in total. The summed E-state index contributed by atoms with van der Waals surface area (Å²) < 4.78 is 10.7. The molecule has 0 aromatic heterocycles. The maximum Gasteiger partial charge on any atom is 0.412 e. The molecule has 1 unspecified atom stereocenters. The average Bonchev–Trinajstić information content (AvgIpc) is 2.35. The van der Waals surface area contributed by atoms with Crippen LogP contribution in [0.5, 0.6) is 0 Å². The first-order valence-corrected chi connectivity index (χ1v) is 7.92. The van der Waals surface area contributed by atoms with Crippen LogP contribution in [-0.2, 0) is 9.47 Å². The van der Waals surface area contributed by atoms with Gasteiger partial charge < -0.3 is 14.8 Å². The third kappa shape index (κ3) is 7.88.